The minimum Gasteiger partial charge on any atom is -0.494 e. The van der Waals surface area contributed by atoms with E-state index >= 15 is 0 Å². The zero-order valence-electron chi connectivity index (χ0n) is 13.8. The Balaban J connectivity index is 0.00000288. The summed E-state index contributed by atoms with van der Waals surface area (Å²) in [5.74, 6) is 0.430. The van der Waals surface area contributed by atoms with E-state index in [1.807, 2.05) is 42.5 Å². The molecule has 2 aromatic carbocycles. The predicted molar refractivity (Wildman–Crippen MR) is 97.6 cm³/mol. The third-order valence-electron chi connectivity index (χ3n) is 3.60. The van der Waals surface area contributed by atoms with Gasteiger partial charge in [-0.2, -0.15) is 0 Å². The Morgan fingerprint density at radius 1 is 1.04 bits per heavy atom. The molecular weight excluding hydrogens is 326 g/mol. The van der Waals surface area contributed by atoms with Gasteiger partial charge in [0.25, 0.3) is 0 Å². The lowest BCUT2D eigenvalue weighted by Gasteiger charge is -2.10. The predicted octanol–water partition coefficient (Wildman–Crippen LogP) is 3.16. The molecule has 0 aliphatic carbocycles. The maximum atomic E-state index is 11.3. The highest BCUT2D eigenvalue weighted by molar-refractivity contribution is 5.85. The molecule has 0 bridgehead atoms. The lowest BCUT2D eigenvalue weighted by molar-refractivity contribution is -0.142. The third kappa shape index (κ3) is 6.60. The molecule has 1 atom stereocenters. The van der Waals surface area contributed by atoms with Crippen LogP contribution in [0.15, 0.2) is 54.6 Å². The number of hydrogen-bond donors (Lipinski definition) is 1. The molecule has 2 rings (SSSR count). The van der Waals surface area contributed by atoms with E-state index in [9.17, 15) is 4.79 Å². The lowest BCUT2D eigenvalue weighted by atomic mass is 10.1. The molecule has 1 unspecified atom stereocenters. The number of rotatable bonds is 8. The second-order valence-electron chi connectivity index (χ2n) is 5.42. The molecule has 130 valence electrons. The number of esters is 1. The number of carbonyl (C=O) groups excluding carboxylic acids is 1. The summed E-state index contributed by atoms with van der Waals surface area (Å²) in [5, 5.41) is 0. The summed E-state index contributed by atoms with van der Waals surface area (Å²) >= 11 is 0. The van der Waals surface area contributed by atoms with E-state index in [4.69, 9.17) is 10.5 Å². The standard InChI is InChI=1S/C19H23NO3.ClH/c1-22-19(21)18(20)14-16-9-11-17(12-10-16)23-13-5-8-15-6-3-2-4-7-15;/h2-4,6-7,9-12,18H,5,8,13-14,20H2,1H3;1H. The van der Waals surface area contributed by atoms with Gasteiger partial charge in [-0.3, -0.25) is 4.79 Å². The molecule has 0 aromatic heterocycles. The van der Waals surface area contributed by atoms with Crippen LogP contribution in [0, 0.1) is 0 Å². The van der Waals surface area contributed by atoms with Gasteiger partial charge in [0.2, 0.25) is 0 Å². The number of aryl methyl sites for hydroxylation is 1. The molecule has 0 radical (unpaired) electrons. The number of halogens is 1. The van der Waals surface area contributed by atoms with E-state index in [0.29, 0.717) is 13.0 Å². The second-order valence-corrected chi connectivity index (χ2v) is 5.42. The van der Waals surface area contributed by atoms with Gasteiger partial charge in [-0.25, -0.2) is 0 Å². The minimum atomic E-state index is -0.627. The maximum absolute atomic E-state index is 11.3. The van der Waals surface area contributed by atoms with Crippen molar-refractivity contribution in [2.45, 2.75) is 25.3 Å². The summed E-state index contributed by atoms with van der Waals surface area (Å²) < 4.78 is 10.4. The van der Waals surface area contributed by atoms with Crippen molar-refractivity contribution < 1.29 is 14.3 Å². The highest BCUT2D eigenvalue weighted by atomic mass is 35.5. The van der Waals surface area contributed by atoms with Crippen molar-refractivity contribution in [1.29, 1.82) is 0 Å². The first kappa shape index (κ1) is 20.0. The van der Waals surface area contributed by atoms with Crippen LogP contribution in [0.25, 0.3) is 0 Å². The van der Waals surface area contributed by atoms with Crippen LogP contribution < -0.4 is 10.5 Å². The van der Waals surface area contributed by atoms with Crippen molar-refractivity contribution in [1.82, 2.24) is 0 Å². The maximum Gasteiger partial charge on any atom is 0.322 e. The number of hydrogen-bond acceptors (Lipinski definition) is 4. The molecule has 2 aromatic rings. The topological polar surface area (TPSA) is 61.5 Å². The molecule has 4 nitrogen and oxygen atoms in total. The molecule has 0 heterocycles. The first-order valence-corrected chi connectivity index (χ1v) is 7.78. The molecule has 0 fully saturated rings. The molecule has 0 amide bonds. The van der Waals surface area contributed by atoms with Crippen molar-refractivity contribution in [2.75, 3.05) is 13.7 Å². The molecular formula is C19H24ClNO3. The average Bonchev–Trinajstić information content (AvgIpc) is 2.60. The van der Waals surface area contributed by atoms with Crippen LogP contribution in [0.5, 0.6) is 5.75 Å². The Kier molecular flexibility index (Phi) is 8.90. The van der Waals surface area contributed by atoms with Crippen LogP contribution in [0.3, 0.4) is 0 Å². The van der Waals surface area contributed by atoms with Crippen LogP contribution >= 0.6 is 12.4 Å². The fourth-order valence-electron chi connectivity index (χ4n) is 2.32. The second kappa shape index (κ2) is 10.7. The first-order chi connectivity index (χ1) is 11.2. The van der Waals surface area contributed by atoms with Crippen LogP contribution in [0.4, 0.5) is 0 Å². The Labute approximate surface area is 149 Å². The van der Waals surface area contributed by atoms with Crippen LogP contribution in [-0.4, -0.2) is 25.7 Å². The van der Waals surface area contributed by atoms with E-state index in [2.05, 4.69) is 16.9 Å². The lowest BCUT2D eigenvalue weighted by Crippen LogP contribution is -2.33. The normalized spacial score (nSPS) is 11.2. The van der Waals surface area contributed by atoms with Gasteiger partial charge in [0.15, 0.2) is 0 Å². The Bertz CT molecular complexity index is 602. The van der Waals surface area contributed by atoms with Gasteiger partial charge in [0.05, 0.1) is 13.7 Å². The summed E-state index contributed by atoms with van der Waals surface area (Å²) in [7, 11) is 1.34. The van der Waals surface area contributed by atoms with Crippen molar-refractivity contribution in [2.24, 2.45) is 5.73 Å². The molecule has 0 saturated carbocycles. The fraction of sp³-hybridized carbons (Fsp3) is 0.316. The summed E-state index contributed by atoms with van der Waals surface area (Å²) in [5.41, 5.74) is 8.05. The largest absolute Gasteiger partial charge is 0.494 e. The fourth-order valence-corrected chi connectivity index (χ4v) is 2.32. The monoisotopic (exact) mass is 349 g/mol. The highest BCUT2D eigenvalue weighted by Crippen LogP contribution is 2.14. The molecule has 5 heteroatoms. The van der Waals surface area contributed by atoms with Crippen molar-refractivity contribution in [3.05, 3.63) is 65.7 Å². The van der Waals surface area contributed by atoms with E-state index in [1.165, 1.54) is 12.7 Å². The van der Waals surface area contributed by atoms with Crippen LogP contribution in [0.2, 0.25) is 0 Å². The number of nitrogens with two attached hydrogens (primary N) is 1. The van der Waals surface area contributed by atoms with Crippen molar-refractivity contribution in [3.8, 4) is 5.75 Å². The van der Waals surface area contributed by atoms with Gasteiger partial charge in [0, 0.05) is 0 Å². The minimum absolute atomic E-state index is 0. The molecule has 0 aliphatic rings. The number of benzene rings is 2. The summed E-state index contributed by atoms with van der Waals surface area (Å²) in [6.45, 7) is 0.677. The van der Waals surface area contributed by atoms with E-state index in [-0.39, 0.29) is 12.4 Å². The zero-order valence-corrected chi connectivity index (χ0v) is 14.6. The number of methoxy groups -OCH3 is 1. The molecule has 0 spiro atoms. The SMILES string of the molecule is COC(=O)C(N)Cc1ccc(OCCCc2ccccc2)cc1.Cl. The Hall–Kier alpha value is -2.04. The van der Waals surface area contributed by atoms with Crippen LogP contribution in [0.1, 0.15) is 17.5 Å². The molecule has 0 aliphatic heterocycles. The van der Waals surface area contributed by atoms with Gasteiger partial charge in [0.1, 0.15) is 11.8 Å². The first-order valence-electron chi connectivity index (χ1n) is 7.78. The summed E-state index contributed by atoms with van der Waals surface area (Å²) in [6.07, 6.45) is 2.44. The van der Waals surface area contributed by atoms with Gasteiger partial charge in [-0.15, -0.1) is 12.4 Å². The Morgan fingerprint density at radius 2 is 1.71 bits per heavy atom. The smallest absolute Gasteiger partial charge is 0.322 e. The van der Waals surface area contributed by atoms with Gasteiger partial charge in [-0.05, 0) is 42.5 Å². The summed E-state index contributed by atoms with van der Waals surface area (Å²) in [6, 6.07) is 17.4. The average molecular weight is 350 g/mol. The molecule has 0 saturated heterocycles. The Morgan fingerprint density at radius 3 is 2.33 bits per heavy atom. The van der Waals surface area contributed by atoms with Crippen LogP contribution in [-0.2, 0) is 22.4 Å². The van der Waals surface area contributed by atoms with E-state index < -0.39 is 12.0 Å². The number of carbonyl (C=O) groups is 1. The van der Waals surface area contributed by atoms with Gasteiger partial charge >= 0.3 is 5.97 Å². The van der Waals surface area contributed by atoms with Crippen molar-refractivity contribution in [3.63, 3.8) is 0 Å². The third-order valence-corrected chi connectivity index (χ3v) is 3.60. The quantitative estimate of drug-likeness (QED) is 0.587. The van der Waals surface area contributed by atoms with E-state index in [1.54, 1.807) is 0 Å². The van der Waals surface area contributed by atoms with Gasteiger partial charge in [-0.1, -0.05) is 42.5 Å². The van der Waals surface area contributed by atoms with Crippen molar-refractivity contribution >= 4 is 18.4 Å². The highest BCUT2D eigenvalue weighted by Gasteiger charge is 2.13. The molecule has 24 heavy (non-hydrogen) atoms. The van der Waals surface area contributed by atoms with Gasteiger partial charge < -0.3 is 15.2 Å². The molecule has 2 N–H and O–H groups in total. The number of ether oxygens (including phenoxy) is 2. The zero-order chi connectivity index (χ0) is 16.5. The summed E-state index contributed by atoms with van der Waals surface area (Å²) in [4.78, 5) is 11.3. The van der Waals surface area contributed by atoms with E-state index in [0.717, 1.165) is 24.2 Å².